The van der Waals surface area contributed by atoms with Crippen molar-refractivity contribution in [3.8, 4) is 11.5 Å². The molecule has 0 aromatic heterocycles. The molecule has 1 aliphatic carbocycles. The average molecular weight is 402 g/mol. The van der Waals surface area contributed by atoms with E-state index in [1.807, 2.05) is 18.2 Å². The topological polar surface area (TPSA) is 57.2 Å². The lowest BCUT2D eigenvalue weighted by atomic mass is 9.71. The predicted octanol–water partition coefficient (Wildman–Crippen LogP) is 3.35. The number of ether oxygens (including phenoxy) is 4. The maximum Gasteiger partial charge on any atom is 0.173 e. The van der Waals surface area contributed by atoms with E-state index in [-0.39, 0.29) is 29.8 Å². The lowest BCUT2D eigenvalue weighted by molar-refractivity contribution is -0.171. The van der Waals surface area contributed by atoms with Gasteiger partial charge in [-0.05, 0) is 36.5 Å². The van der Waals surface area contributed by atoms with Crippen LogP contribution in [-0.2, 0) is 14.3 Å². The third kappa shape index (κ3) is 3.88. The van der Waals surface area contributed by atoms with Gasteiger partial charge >= 0.3 is 0 Å². The first-order valence-electron chi connectivity index (χ1n) is 10.5. The molecule has 4 unspecified atom stereocenters. The molecule has 0 bridgehead atoms. The minimum absolute atomic E-state index is 0.111. The number of benzene rings is 1. The van der Waals surface area contributed by atoms with Crippen LogP contribution in [0.5, 0.6) is 11.5 Å². The second kappa shape index (κ2) is 8.36. The van der Waals surface area contributed by atoms with Crippen molar-refractivity contribution in [3.05, 3.63) is 30.0 Å². The van der Waals surface area contributed by atoms with Gasteiger partial charge in [-0.3, -0.25) is 9.69 Å². The first-order valence-corrected chi connectivity index (χ1v) is 10.5. The van der Waals surface area contributed by atoms with Crippen LogP contribution in [0, 0.1) is 17.8 Å². The van der Waals surface area contributed by atoms with Gasteiger partial charge in [-0.25, -0.2) is 0 Å². The molecule has 0 spiro atoms. The van der Waals surface area contributed by atoms with Gasteiger partial charge in [-0.1, -0.05) is 19.9 Å². The van der Waals surface area contributed by atoms with Gasteiger partial charge in [0.25, 0.3) is 0 Å². The van der Waals surface area contributed by atoms with Crippen LogP contribution in [-0.4, -0.2) is 56.9 Å². The first-order chi connectivity index (χ1) is 14.0. The van der Waals surface area contributed by atoms with Gasteiger partial charge in [0.05, 0.1) is 44.8 Å². The standard InChI is InChI=1S/C23H31NO5/c1-14(2)10-24-11-17-19(29-13-24)8-6-16-22(25)18(12-28-23(16)17)15-5-7-20(26-3)21(9-15)27-4/h5,7,9,12,14,16-17,19,23H,6,8,10-11,13H2,1-4H3. The minimum Gasteiger partial charge on any atom is -0.496 e. The van der Waals surface area contributed by atoms with Crippen LogP contribution < -0.4 is 9.47 Å². The number of carbonyl (C=O) groups is 1. The predicted molar refractivity (Wildman–Crippen MR) is 110 cm³/mol. The highest BCUT2D eigenvalue weighted by Gasteiger charge is 2.49. The van der Waals surface area contributed by atoms with Crippen LogP contribution in [0.3, 0.4) is 0 Å². The normalized spacial score (nSPS) is 29.6. The van der Waals surface area contributed by atoms with Crippen molar-refractivity contribution in [3.63, 3.8) is 0 Å². The molecule has 4 atom stereocenters. The Hall–Kier alpha value is -2.05. The van der Waals surface area contributed by atoms with Crippen molar-refractivity contribution >= 4 is 11.4 Å². The molecule has 0 radical (unpaired) electrons. The third-order valence-corrected chi connectivity index (χ3v) is 6.26. The van der Waals surface area contributed by atoms with E-state index in [0.29, 0.717) is 29.7 Å². The molecule has 2 fully saturated rings. The van der Waals surface area contributed by atoms with Crippen molar-refractivity contribution < 1.29 is 23.7 Å². The van der Waals surface area contributed by atoms with Crippen molar-refractivity contribution in [1.29, 1.82) is 0 Å². The lowest BCUT2D eigenvalue weighted by Crippen LogP contribution is -2.56. The molecule has 0 N–H and O–H groups in total. The van der Waals surface area contributed by atoms with Gasteiger partial charge in [0, 0.05) is 19.0 Å². The molecule has 1 aromatic rings. The SMILES string of the molecule is COc1ccc(C2=COC3C(CCC4OCN(CC(C)C)CC43)C2=O)cc1OC. The number of rotatable bonds is 5. The van der Waals surface area contributed by atoms with Gasteiger partial charge < -0.3 is 18.9 Å². The highest BCUT2D eigenvalue weighted by Crippen LogP contribution is 2.42. The van der Waals surface area contributed by atoms with Gasteiger partial charge in [0.1, 0.15) is 6.10 Å². The van der Waals surface area contributed by atoms with E-state index >= 15 is 0 Å². The summed E-state index contributed by atoms with van der Waals surface area (Å²) in [5, 5.41) is 0. The molecule has 6 nitrogen and oxygen atoms in total. The highest BCUT2D eigenvalue weighted by molar-refractivity contribution is 6.22. The van der Waals surface area contributed by atoms with E-state index in [1.165, 1.54) is 0 Å². The van der Waals surface area contributed by atoms with Gasteiger partial charge in [-0.15, -0.1) is 0 Å². The molecule has 0 amide bonds. The molecule has 6 heteroatoms. The van der Waals surface area contributed by atoms with Crippen LogP contribution in [0.15, 0.2) is 24.5 Å². The smallest absolute Gasteiger partial charge is 0.173 e. The number of nitrogens with zero attached hydrogens (tertiary/aromatic N) is 1. The lowest BCUT2D eigenvalue weighted by Gasteiger charge is -2.48. The minimum atomic E-state index is -0.119. The van der Waals surface area contributed by atoms with E-state index < -0.39 is 0 Å². The van der Waals surface area contributed by atoms with Crippen molar-refractivity contribution in [2.24, 2.45) is 17.8 Å². The molecule has 4 rings (SSSR count). The molecule has 2 aliphatic heterocycles. The summed E-state index contributed by atoms with van der Waals surface area (Å²) in [6, 6.07) is 5.55. The molecule has 1 saturated carbocycles. The fourth-order valence-electron chi connectivity index (χ4n) is 4.95. The number of allylic oxidation sites excluding steroid dienone is 1. The first kappa shape index (κ1) is 20.2. The largest absolute Gasteiger partial charge is 0.496 e. The van der Waals surface area contributed by atoms with Crippen LogP contribution in [0.4, 0.5) is 0 Å². The Morgan fingerprint density at radius 1 is 1.17 bits per heavy atom. The molecule has 3 aliphatic rings. The Kier molecular flexibility index (Phi) is 5.83. The Bertz CT molecular complexity index is 789. The number of hydrogen-bond donors (Lipinski definition) is 0. The summed E-state index contributed by atoms with van der Waals surface area (Å²) in [7, 11) is 3.20. The maximum atomic E-state index is 13.4. The van der Waals surface area contributed by atoms with E-state index in [0.717, 1.165) is 31.5 Å². The molecule has 2 heterocycles. The second-order valence-electron chi connectivity index (χ2n) is 8.68. The van der Waals surface area contributed by atoms with Gasteiger partial charge in [0.2, 0.25) is 0 Å². The number of fused-ring (bicyclic) bond motifs is 3. The molecule has 1 aromatic carbocycles. The fraction of sp³-hybridized carbons (Fsp3) is 0.609. The van der Waals surface area contributed by atoms with Crippen molar-refractivity contribution in [2.75, 3.05) is 34.0 Å². The third-order valence-electron chi connectivity index (χ3n) is 6.26. The number of methoxy groups -OCH3 is 2. The Morgan fingerprint density at radius 3 is 2.69 bits per heavy atom. The van der Waals surface area contributed by atoms with E-state index in [9.17, 15) is 4.79 Å². The summed E-state index contributed by atoms with van der Waals surface area (Å²) in [5.41, 5.74) is 1.41. The zero-order valence-corrected chi connectivity index (χ0v) is 17.7. The molecule has 29 heavy (non-hydrogen) atoms. The molecule has 1 saturated heterocycles. The molecular formula is C23H31NO5. The molecular weight excluding hydrogens is 370 g/mol. The average Bonchev–Trinajstić information content (AvgIpc) is 2.73. The summed E-state index contributed by atoms with van der Waals surface area (Å²) < 4.78 is 23.0. The second-order valence-corrected chi connectivity index (χ2v) is 8.68. The van der Waals surface area contributed by atoms with E-state index in [4.69, 9.17) is 18.9 Å². The summed E-state index contributed by atoms with van der Waals surface area (Å²) in [6.07, 6.45) is 3.44. The quantitative estimate of drug-likeness (QED) is 0.754. The van der Waals surface area contributed by atoms with Gasteiger partial charge in [-0.2, -0.15) is 0 Å². The summed E-state index contributed by atoms with van der Waals surface area (Å²) in [4.78, 5) is 15.7. The summed E-state index contributed by atoms with van der Waals surface area (Å²) in [6.45, 7) is 7.04. The zero-order chi connectivity index (χ0) is 20.5. The fourth-order valence-corrected chi connectivity index (χ4v) is 4.95. The summed E-state index contributed by atoms with van der Waals surface area (Å²) >= 11 is 0. The number of hydrogen-bond acceptors (Lipinski definition) is 6. The Morgan fingerprint density at radius 2 is 1.97 bits per heavy atom. The zero-order valence-electron chi connectivity index (χ0n) is 17.7. The molecule has 158 valence electrons. The Labute approximate surface area is 172 Å². The van der Waals surface area contributed by atoms with Crippen molar-refractivity contribution in [1.82, 2.24) is 4.90 Å². The number of carbonyl (C=O) groups excluding carboxylic acids is 1. The van der Waals surface area contributed by atoms with Crippen LogP contribution in [0.1, 0.15) is 32.3 Å². The van der Waals surface area contributed by atoms with Crippen molar-refractivity contribution in [2.45, 2.75) is 38.9 Å². The monoisotopic (exact) mass is 401 g/mol. The van der Waals surface area contributed by atoms with Gasteiger partial charge in [0.15, 0.2) is 17.3 Å². The maximum absolute atomic E-state index is 13.4. The van der Waals surface area contributed by atoms with Crippen LogP contribution >= 0.6 is 0 Å². The number of ketones is 1. The number of Topliss-reactive ketones (excluding diaryl/α,β-unsaturated/α-hetero) is 1. The van der Waals surface area contributed by atoms with Crippen LogP contribution in [0.2, 0.25) is 0 Å². The summed E-state index contributed by atoms with van der Waals surface area (Å²) in [5.74, 6) is 2.10. The van der Waals surface area contributed by atoms with E-state index in [2.05, 4.69) is 18.7 Å². The highest BCUT2D eigenvalue weighted by atomic mass is 16.5. The van der Waals surface area contributed by atoms with E-state index in [1.54, 1.807) is 20.5 Å². The van der Waals surface area contributed by atoms with Crippen LogP contribution in [0.25, 0.3) is 5.57 Å². The Balaban J connectivity index is 1.56.